The molecule has 2 nitrogen and oxygen atoms in total. The molecule has 78 valence electrons. The lowest BCUT2D eigenvalue weighted by atomic mass is 10.3. The molecule has 1 aromatic carbocycles. The zero-order valence-corrected chi connectivity index (χ0v) is 9.92. The molecule has 0 heterocycles. The summed E-state index contributed by atoms with van der Waals surface area (Å²) in [6.07, 6.45) is 0.931. The molecule has 0 aliphatic rings. The fraction of sp³-hybridized carbons (Fsp3) is 0.455. The molecule has 1 rings (SSSR count). The third kappa shape index (κ3) is 4.63. The molecule has 0 fully saturated rings. The summed E-state index contributed by atoms with van der Waals surface area (Å²) in [5.74, 6) is 0.899. The molecule has 0 amide bonds. The first kappa shape index (κ1) is 11.5. The highest BCUT2D eigenvalue weighted by Gasteiger charge is 1.94. The Hall–Kier alpha value is -0.540. The maximum atomic E-state index is 5.52. The number of rotatable bonds is 6. The smallest absolute Gasteiger partial charge is 0.120 e. The van der Waals surface area contributed by atoms with E-state index >= 15 is 0 Å². The van der Waals surface area contributed by atoms with E-state index in [0.29, 0.717) is 6.61 Å². The summed E-state index contributed by atoms with van der Waals surface area (Å²) >= 11 is 3.39. The van der Waals surface area contributed by atoms with Gasteiger partial charge in [0.2, 0.25) is 0 Å². The van der Waals surface area contributed by atoms with Gasteiger partial charge in [0.25, 0.3) is 0 Å². The van der Waals surface area contributed by atoms with Gasteiger partial charge in [-0.2, -0.15) is 0 Å². The Morgan fingerprint density at radius 2 is 2.14 bits per heavy atom. The van der Waals surface area contributed by atoms with Gasteiger partial charge in [-0.15, -0.1) is 0 Å². The third-order valence-electron chi connectivity index (χ3n) is 1.70. The molecule has 0 spiro atoms. The standard InChI is InChI=1S/C11H15BrO2/c1-2-13-7-4-8-14-11-6-3-5-10(12)9-11/h3,5-6,9H,2,4,7-8H2,1H3. The SMILES string of the molecule is CCOCCCOc1cccc(Br)c1. The van der Waals surface area contributed by atoms with Crippen molar-refractivity contribution in [3.63, 3.8) is 0 Å². The van der Waals surface area contributed by atoms with Gasteiger partial charge in [0.1, 0.15) is 5.75 Å². The van der Waals surface area contributed by atoms with Crippen molar-refractivity contribution in [3.8, 4) is 5.75 Å². The van der Waals surface area contributed by atoms with Crippen molar-refractivity contribution in [2.75, 3.05) is 19.8 Å². The van der Waals surface area contributed by atoms with Crippen LogP contribution in [0, 0.1) is 0 Å². The van der Waals surface area contributed by atoms with E-state index < -0.39 is 0 Å². The van der Waals surface area contributed by atoms with Crippen molar-refractivity contribution >= 4 is 15.9 Å². The molecular formula is C11H15BrO2. The van der Waals surface area contributed by atoms with Gasteiger partial charge in [0.05, 0.1) is 6.61 Å². The van der Waals surface area contributed by atoms with E-state index in [2.05, 4.69) is 15.9 Å². The average Bonchev–Trinajstić information content (AvgIpc) is 2.18. The van der Waals surface area contributed by atoms with Crippen LogP contribution in [-0.2, 0) is 4.74 Å². The second-order valence-electron chi connectivity index (χ2n) is 2.86. The molecule has 0 saturated carbocycles. The van der Waals surface area contributed by atoms with E-state index in [1.54, 1.807) is 0 Å². The molecule has 0 aromatic heterocycles. The van der Waals surface area contributed by atoms with Gasteiger partial charge in [-0.05, 0) is 25.1 Å². The molecule has 0 aliphatic carbocycles. The minimum atomic E-state index is 0.705. The first-order valence-corrected chi connectivity index (χ1v) is 5.58. The van der Waals surface area contributed by atoms with Gasteiger partial charge in [-0.1, -0.05) is 22.0 Å². The van der Waals surface area contributed by atoms with Crippen molar-refractivity contribution in [3.05, 3.63) is 28.7 Å². The van der Waals surface area contributed by atoms with Crippen molar-refractivity contribution < 1.29 is 9.47 Å². The van der Waals surface area contributed by atoms with Gasteiger partial charge >= 0.3 is 0 Å². The molecule has 0 bridgehead atoms. The number of benzene rings is 1. The van der Waals surface area contributed by atoms with Crippen LogP contribution in [0.15, 0.2) is 28.7 Å². The third-order valence-corrected chi connectivity index (χ3v) is 2.20. The van der Waals surface area contributed by atoms with Crippen molar-refractivity contribution in [2.45, 2.75) is 13.3 Å². The Labute approximate surface area is 93.4 Å². The van der Waals surface area contributed by atoms with Gasteiger partial charge < -0.3 is 9.47 Å². The van der Waals surface area contributed by atoms with Crippen LogP contribution in [0.4, 0.5) is 0 Å². The lowest BCUT2D eigenvalue weighted by Crippen LogP contribution is -2.02. The second kappa shape index (κ2) is 6.85. The van der Waals surface area contributed by atoms with Crippen LogP contribution in [0.3, 0.4) is 0 Å². The van der Waals surface area contributed by atoms with Gasteiger partial charge in [-0.3, -0.25) is 0 Å². The van der Waals surface area contributed by atoms with Crippen LogP contribution >= 0.6 is 15.9 Å². The summed E-state index contributed by atoms with van der Waals surface area (Å²) in [7, 11) is 0. The van der Waals surface area contributed by atoms with E-state index in [1.807, 2.05) is 31.2 Å². The molecule has 0 atom stereocenters. The van der Waals surface area contributed by atoms with E-state index in [-0.39, 0.29) is 0 Å². The zero-order valence-electron chi connectivity index (χ0n) is 8.33. The summed E-state index contributed by atoms with van der Waals surface area (Å²) in [6, 6.07) is 7.85. The van der Waals surface area contributed by atoms with E-state index in [0.717, 1.165) is 29.9 Å². The van der Waals surface area contributed by atoms with E-state index in [9.17, 15) is 0 Å². The van der Waals surface area contributed by atoms with Crippen LogP contribution in [0.2, 0.25) is 0 Å². The highest BCUT2D eigenvalue weighted by molar-refractivity contribution is 9.10. The highest BCUT2D eigenvalue weighted by atomic mass is 79.9. The Balaban J connectivity index is 2.18. The zero-order chi connectivity index (χ0) is 10.2. The minimum absolute atomic E-state index is 0.705. The molecule has 0 radical (unpaired) electrons. The average molecular weight is 259 g/mol. The van der Waals surface area contributed by atoms with Gasteiger partial charge in [0.15, 0.2) is 0 Å². The Morgan fingerprint density at radius 1 is 1.29 bits per heavy atom. The maximum Gasteiger partial charge on any atom is 0.120 e. The quantitative estimate of drug-likeness (QED) is 0.730. The lowest BCUT2D eigenvalue weighted by molar-refractivity contribution is 0.131. The highest BCUT2D eigenvalue weighted by Crippen LogP contribution is 2.17. The topological polar surface area (TPSA) is 18.5 Å². The summed E-state index contributed by atoms with van der Waals surface area (Å²) in [4.78, 5) is 0. The molecule has 0 N–H and O–H groups in total. The fourth-order valence-electron chi connectivity index (χ4n) is 1.05. The first-order valence-electron chi connectivity index (χ1n) is 4.79. The summed E-state index contributed by atoms with van der Waals surface area (Å²) in [5.41, 5.74) is 0. The molecule has 14 heavy (non-hydrogen) atoms. The molecule has 0 aliphatic heterocycles. The monoisotopic (exact) mass is 258 g/mol. The maximum absolute atomic E-state index is 5.52. The van der Waals surface area contributed by atoms with Gasteiger partial charge in [-0.25, -0.2) is 0 Å². The van der Waals surface area contributed by atoms with Crippen molar-refractivity contribution in [1.29, 1.82) is 0 Å². The normalized spacial score (nSPS) is 10.1. The van der Waals surface area contributed by atoms with Crippen molar-refractivity contribution in [2.24, 2.45) is 0 Å². The lowest BCUT2D eigenvalue weighted by Gasteiger charge is -2.06. The van der Waals surface area contributed by atoms with E-state index in [4.69, 9.17) is 9.47 Å². The largest absolute Gasteiger partial charge is 0.493 e. The summed E-state index contributed by atoms with van der Waals surface area (Å²) in [6.45, 7) is 4.24. The van der Waals surface area contributed by atoms with Crippen LogP contribution < -0.4 is 4.74 Å². The van der Waals surface area contributed by atoms with Crippen molar-refractivity contribution in [1.82, 2.24) is 0 Å². The minimum Gasteiger partial charge on any atom is -0.493 e. The number of hydrogen-bond donors (Lipinski definition) is 0. The first-order chi connectivity index (χ1) is 6.83. The predicted octanol–water partition coefficient (Wildman–Crippen LogP) is 3.25. The van der Waals surface area contributed by atoms with Gasteiger partial charge in [0, 0.05) is 24.1 Å². The van der Waals surface area contributed by atoms with E-state index in [1.165, 1.54) is 0 Å². The Kier molecular flexibility index (Phi) is 5.64. The summed E-state index contributed by atoms with van der Waals surface area (Å²) < 4.78 is 11.8. The number of ether oxygens (including phenoxy) is 2. The molecule has 3 heteroatoms. The second-order valence-corrected chi connectivity index (χ2v) is 3.77. The number of hydrogen-bond acceptors (Lipinski definition) is 2. The van der Waals surface area contributed by atoms with Crippen LogP contribution in [0.1, 0.15) is 13.3 Å². The molecule has 1 aromatic rings. The Bertz CT molecular complexity index is 263. The summed E-state index contributed by atoms with van der Waals surface area (Å²) in [5, 5.41) is 0. The van der Waals surface area contributed by atoms with Crippen LogP contribution in [0.5, 0.6) is 5.75 Å². The Morgan fingerprint density at radius 3 is 2.86 bits per heavy atom. The van der Waals surface area contributed by atoms with Crippen LogP contribution in [0.25, 0.3) is 0 Å². The fourth-order valence-corrected chi connectivity index (χ4v) is 1.43. The predicted molar refractivity (Wildman–Crippen MR) is 60.7 cm³/mol. The number of halogens is 1. The molecule has 0 saturated heterocycles. The van der Waals surface area contributed by atoms with Crippen LogP contribution in [-0.4, -0.2) is 19.8 Å². The molecular weight excluding hydrogens is 244 g/mol. The molecule has 0 unspecified atom stereocenters.